The van der Waals surface area contributed by atoms with Gasteiger partial charge >= 0.3 is 0 Å². The number of primary amides is 1. The van der Waals surface area contributed by atoms with Gasteiger partial charge in [0.25, 0.3) is 0 Å². The van der Waals surface area contributed by atoms with Gasteiger partial charge in [-0.3, -0.25) is 4.79 Å². The molecule has 1 atom stereocenters. The minimum atomic E-state index is -0.337. The van der Waals surface area contributed by atoms with Gasteiger partial charge in [-0.15, -0.1) is 0 Å². The minimum absolute atomic E-state index is 0.000901. The summed E-state index contributed by atoms with van der Waals surface area (Å²) in [7, 11) is 0. The average molecular weight is 253 g/mol. The lowest BCUT2D eigenvalue weighted by atomic mass is 9.96. The van der Waals surface area contributed by atoms with Gasteiger partial charge in [0.05, 0.1) is 13.0 Å². The molecule has 0 bridgehead atoms. The molecule has 0 heterocycles. The number of rotatable bonds is 3. The number of aliphatic hydroxyl groups excluding tert-OH is 1. The van der Waals surface area contributed by atoms with Gasteiger partial charge in [0.15, 0.2) is 0 Å². The van der Waals surface area contributed by atoms with Crippen molar-refractivity contribution in [1.82, 2.24) is 0 Å². The first-order chi connectivity index (χ1) is 9.20. The molecular weight excluding hydrogens is 238 g/mol. The highest BCUT2D eigenvalue weighted by Gasteiger charge is 2.27. The average Bonchev–Trinajstić information content (AvgIpc) is 2.71. The van der Waals surface area contributed by atoms with Gasteiger partial charge in [-0.2, -0.15) is 0 Å². The second-order valence-electron chi connectivity index (χ2n) is 4.89. The molecule has 0 radical (unpaired) electrons. The molecule has 1 amide bonds. The Kier molecular flexibility index (Phi) is 2.84. The number of fused-ring (bicyclic) bond motifs is 3. The number of aliphatic hydroxyl groups is 1. The van der Waals surface area contributed by atoms with Crippen molar-refractivity contribution in [3.63, 3.8) is 0 Å². The van der Waals surface area contributed by atoms with Gasteiger partial charge in [0.2, 0.25) is 5.91 Å². The third-order valence-corrected chi connectivity index (χ3v) is 3.68. The number of nitrogens with two attached hydrogens (primary N) is 1. The molecule has 1 unspecified atom stereocenters. The van der Waals surface area contributed by atoms with E-state index < -0.39 is 0 Å². The lowest BCUT2D eigenvalue weighted by Crippen LogP contribution is -2.14. The van der Waals surface area contributed by atoms with Crippen LogP contribution in [0.4, 0.5) is 0 Å². The fourth-order valence-electron chi connectivity index (χ4n) is 2.87. The highest BCUT2D eigenvalue weighted by Crippen LogP contribution is 2.44. The van der Waals surface area contributed by atoms with Gasteiger partial charge in [-0.1, -0.05) is 42.5 Å². The standard InChI is InChI=1S/C16H15NO2/c17-16(19)8-10-5-6-13-11-3-1-2-4-12(11)15(9-18)14(13)7-10/h1-7,15,18H,8-9H2,(H2,17,19). The second kappa shape index (κ2) is 4.52. The highest BCUT2D eigenvalue weighted by molar-refractivity contribution is 5.81. The zero-order chi connectivity index (χ0) is 13.4. The fraction of sp³-hybridized carbons (Fsp3) is 0.188. The number of carbonyl (C=O) groups excluding carboxylic acids is 1. The van der Waals surface area contributed by atoms with Crippen LogP contribution in [0.5, 0.6) is 0 Å². The lowest BCUT2D eigenvalue weighted by Gasteiger charge is -2.10. The van der Waals surface area contributed by atoms with E-state index in [-0.39, 0.29) is 24.9 Å². The van der Waals surface area contributed by atoms with Gasteiger partial charge in [-0.05, 0) is 27.8 Å². The summed E-state index contributed by atoms with van der Waals surface area (Å²) in [6.45, 7) is 0.0735. The summed E-state index contributed by atoms with van der Waals surface area (Å²) >= 11 is 0. The molecule has 1 aliphatic carbocycles. The SMILES string of the molecule is NC(=O)Cc1ccc2c(c1)C(CO)c1ccccc1-2. The van der Waals surface area contributed by atoms with Crippen molar-refractivity contribution in [2.75, 3.05) is 6.61 Å². The molecular formula is C16H15NO2. The largest absolute Gasteiger partial charge is 0.395 e. The number of hydrogen-bond acceptors (Lipinski definition) is 2. The second-order valence-corrected chi connectivity index (χ2v) is 4.89. The zero-order valence-electron chi connectivity index (χ0n) is 10.5. The molecule has 1 aliphatic rings. The van der Waals surface area contributed by atoms with Crippen molar-refractivity contribution in [3.05, 3.63) is 59.2 Å². The van der Waals surface area contributed by atoms with Crippen LogP contribution in [-0.2, 0) is 11.2 Å². The maximum atomic E-state index is 11.0. The molecule has 0 spiro atoms. The Bertz CT molecular complexity index is 649. The molecule has 19 heavy (non-hydrogen) atoms. The van der Waals surface area contributed by atoms with Gasteiger partial charge in [0.1, 0.15) is 0 Å². The van der Waals surface area contributed by atoms with Gasteiger partial charge in [0, 0.05) is 5.92 Å². The predicted molar refractivity (Wildman–Crippen MR) is 73.7 cm³/mol. The fourth-order valence-corrected chi connectivity index (χ4v) is 2.87. The van der Waals surface area contributed by atoms with Crippen LogP contribution in [0, 0.1) is 0 Å². The van der Waals surface area contributed by atoms with E-state index in [0.29, 0.717) is 0 Å². The molecule has 0 saturated heterocycles. The number of carbonyl (C=O) groups is 1. The van der Waals surface area contributed by atoms with E-state index in [0.717, 1.165) is 22.3 Å². The first-order valence-electron chi connectivity index (χ1n) is 6.32. The topological polar surface area (TPSA) is 63.3 Å². The van der Waals surface area contributed by atoms with E-state index in [2.05, 4.69) is 6.07 Å². The smallest absolute Gasteiger partial charge is 0.221 e. The Labute approximate surface area is 111 Å². The van der Waals surface area contributed by atoms with Crippen LogP contribution in [0.1, 0.15) is 22.6 Å². The Hall–Kier alpha value is -2.13. The van der Waals surface area contributed by atoms with Crippen molar-refractivity contribution in [1.29, 1.82) is 0 Å². The van der Waals surface area contributed by atoms with E-state index in [9.17, 15) is 9.90 Å². The van der Waals surface area contributed by atoms with Crippen LogP contribution in [0.15, 0.2) is 42.5 Å². The summed E-state index contributed by atoms with van der Waals surface area (Å²) in [5.41, 5.74) is 10.7. The summed E-state index contributed by atoms with van der Waals surface area (Å²) in [4.78, 5) is 11.0. The van der Waals surface area contributed by atoms with Gasteiger partial charge in [-0.25, -0.2) is 0 Å². The molecule has 0 saturated carbocycles. The normalized spacial score (nSPS) is 15.9. The van der Waals surface area contributed by atoms with Gasteiger partial charge < -0.3 is 10.8 Å². The number of amides is 1. The van der Waals surface area contributed by atoms with Crippen molar-refractivity contribution in [3.8, 4) is 11.1 Å². The van der Waals surface area contributed by atoms with Crippen LogP contribution < -0.4 is 5.73 Å². The summed E-state index contributed by atoms with van der Waals surface area (Å²) in [5.74, 6) is -0.338. The summed E-state index contributed by atoms with van der Waals surface area (Å²) in [5, 5.41) is 9.64. The molecule has 3 rings (SSSR count). The molecule has 3 heteroatoms. The van der Waals surface area contributed by atoms with Crippen molar-refractivity contribution >= 4 is 5.91 Å². The third-order valence-electron chi connectivity index (χ3n) is 3.68. The van der Waals surface area contributed by atoms with Crippen LogP contribution in [-0.4, -0.2) is 17.6 Å². The molecule has 0 fully saturated rings. The molecule has 3 nitrogen and oxygen atoms in total. The highest BCUT2D eigenvalue weighted by atomic mass is 16.3. The molecule has 0 aromatic heterocycles. The maximum absolute atomic E-state index is 11.0. The Morgan fingerprint density at radius 1 is 1.11 bits per heavy atom. The first-order valence-corrected chi connectivity index (χ1v) is 6.32. The Balaban J connectivity index is 2.12. The first kappa shape index (κ1) is 11.9. The minimum Gasteiger partial charge on any atom is -0.395 e. The van der Waals surface area contributed by atoms with E-state index in [1.165, 1.54) is 5.56 Å². The van der Waals surface area contributed by atoms with E-state index in [1.807, 2.05) is 36.4 Å². The molecule has 2 aromatic rings. The molecule has 96 valence electrons. The molecule has 3 N–H and O–H groups in total. The third kappa shape index (κ3) is 1.92. The summed E-state index contributed by atoms with van der Waals surface area (Å²) < 4.78 is 0. The summed E-state index contributed by atoms with van der Waals surface area (Å²) in [6, 6.07) is 14.0. The van der Waals surface area contributed by atoms with Crippen LogP contribution in [0.25, 0.3) is 11.1 Å². The van der Waals surface area contributed by atoms with E-state index in [4.69, 9.17) is 5.73 Å². The Morgan fingerprint density at radius 2 is 1.84 bits per heavy atom. The number of benzene rings is 2. The Morgan fingerprint density at radius 3 is 2.58 bits per heavy atom. The quantitative estimate of drug-likeness (QED) is 0.876. The van der Waals surface area contributed by atoms with Crippen molar-refractivity contribution in [2.24, 2.45) is 5.73 Å². The van der Waals surface area contributed by atoms with E-state index >= 15 is 0 Å². The lowest BCUT2D eigenvalue weighted by molar-refractivity contribution is -0.117. The molecule has 0 aliphatic heterocycles. The zero-order valence-corrected chi connectivity index (χ0v) is 10.5. The maximum Gasteiger partial charge on any atom is 0.221 e. The van der Waals surface area contributed by atoms with Crippen LogP contribution in [0.2, 0.25) is 0 Å². The van der Waals surface area contributed by atoms with Crippen molar-refractivity contribution < 1.29 is 9.90 Å². The van der Waals surface area contributed by atoms with Crippen molar-refractivity contribution in [2.45, 2.75) is 12.3 Å². The monoisotopic (exact) mass is 253 g/mol. The number of hydrogen-bond donors (Lipinski definition) is 2. The van der Waals surface area contributed by atoms with E-state index in [1.54, 1.807) is 0 Å². The predicted octanol–water partition coefficient (Wildman–Crippen LogP) is 1.82. The molecule has 2 aromatic carbocycles. The van der Waals surface area contributed by atoms with Crippen LogP contribution >= 0.6 is 0 Å². The summed E-state index contributed by atoms with van der Waals surface area (Å²) in [6.07, 6.45) is 0.238. The van der Waals surface area contributed by atoms with Crippen LogP contribution in [0.3, 0.4) is 0 Å².